The van der Waals surface area contributed by atoms with Crippen LogP contribution in [0.2, 0.25) is 0 Å². The number of ether oxygens (including phenoxy) is 1. The monoisotopic (exact) mass is 168 g/mol. The van der Waals surface area contributed by atoms with Crippen molar-refractivity contribution in [3.05, 3.63) is 0 Å². The minimum absolute atomic E-state index is 0.127. The molecule has 4 nitrogen and oxygen atoms in total. The van der Waals surface area contributed by atoms with Crippen LogP contribution in [-0.4, -0.2) is 37.1 Å². The van der Waals surface area contributed by atoms with Crippen molar-refractivity contribution in [2.24, 2.45) is 0 Å². The summed E-state index contributed by atoms with van der Waals surface area (Å²) in [6.07, 6.45) is 1.88. The topological polar surface area (TPSA) is 53.3 Å². The quantitative estimate of drug-likeness (QED) is 0.551. The van der Waals surface area contributed by atoms with Crippen LogP contribution < -0.4 is 0 Å². The first-order valence-corrected chi connectivity index (χ1v) is 3.99. The number of likely N-dealkylation sites (N-methyl/N-ethyl adjacent to an activating group) is 1. The minimum atomic E-state index is -0.267. The van der Waals surface area contributed by atoms with Gasteiger partial charge in [-0.15, -0.1) is 0 Å². The number of esters is 1. The number of hydrogen-bond acceptors (Lipinski definition) is 4. The van der Waals surface area contributed by atoms with Crippen LogP contribution in [0.15, 0.2) is 0 Å². The molecule has 12 heavy (non-hydrogen) atoms. The number of rotatable bonds is 2. The Morgan fingerprint density at radius 3 is 3.08 bits per heavy atom. The van der Waals surface area contributed by atoms with Crippen LogP contribution in [0, 0.1) is 11.3 Å². The summed E-state index contributed by atoms with van der Waals surface area (Å²) in [5.74, 6) is -0.267. The Morgan fingerprint density at radius 2 is 2.58 bits per heavy atom. The molecular weight excluding hydrogens is 156 g/mol. The Hall–Kier alpha value is -1.08. The fourth-order valence-electron chi connectivity index (χ4n) is 1.41. The fourth-order valence-corrected chi connectivity index (χ4v) is 1.41. The van der Waals surface area contributed by atoms with Crippen LogP contribution in [0.5, 0.6) is 0 Å². The van der Waals surface area contributed by atoms with Crippen LogP contribution in [0.3, 0.4) is 0 Å². The van der Waals surface area contributed by atoms with Gasteiger partial charge in [-0.2, -0.15) is 5.26 Å². The van der Waals surface area contributed by atoms with E-state index < -0.39 is 0 Å². The number of hydrogen-bond donors (Lipinski definition) is 0. The zero-order valence-electron chi connectivity index (χ0n) is 7.12. The van der Waals surface area contributed by atoms with Crippen molar-refractivity contribution in [2.75, 3.05) is 20.2 Å². The van der Waals surface area contributed by atoms with E-state index in [1.165, 1.54) is 0 Å². The first kappa shape index (κ1) is 9.01. The van der Waals surface area contributed by atoms with Gasteiger partial charge in [-0.25, -0.2) is 0 Å². The number of likely N-dealkylation sites (tertiary alicyclic amines) is 1. The molecule has 1 aliphatic rings. The molecule has 0 bridgehead atoms. The summed E-state index contributed by atoms with van der Waals surface area (Å²) < 4.78 is 4.70. The first-order valence-electron chi connectivity index (χ1n) is 3.99. The average molecular weight is 168 g/mol. The van der Waals surface area contributed by atoms with Gasteiger partial charge in [0.2, 0.25) is 0 Å². The standard InChI is InChI=1S/C8H12N2O2/c1-10-5-2-3-7(10)8(11)12-6-4-9/h7H,2-3,5-6H2,1H3. The van der Waals surface area contributed by atoms with Crippen molar-refractivity contribution in [3.8, 4) is 6.07 Å². The predicted molar refractivity (Wildman–Crippen MR) is 42.2 cm³/mol. The third-order valence-electron chi connectivity index (χ3n) is 2.07. The molecule has 0 saturated carbocycles. The second-order valence-corrected chi connectivity index (χ2v) is 2.90. The molecule has 1 fully saturated rings. The molecule has 0 aromatic rings. The van der Waals surface area contributed by atoms with Crippen molar-refractivity contribution >= 4 is 5.97 Å². The number of carbonyl (C=O) groups is 1. The van der Waals surface area contributed by atoms with E-state index in [9.17, 15) is 4.79 Å². The lowest BCUT2D eigenvalue weighted by Gasteiger charge is -2.16. The summed E-state index contributed by atoms with van der Waals surface area (Å²) >= 11 is 0. The number of nitrogens with zero attached hydrogens (tertiary/aromatic N) is 2. The molecule has 4 heteroatoms. The highest BCUT2D eigenvalue weighted by Crippen LogP contribution is 2.15. The lowest BCUT2D eigenvalue weighted by atomic mass is 10.2. The lowest BCUT2D eigenvalue weighted by Crippen LogP contribution is -2.34. The van der Waals surface area contributed by atoms with Gasteiger partial charge >= 0.3 is 5.97 Å². The maximum Gasteiger partial charge on any atom is 0.324 e. The highest BCUT2D eigenvalue weighted by molar-refractivity contribution is 5.76. The summed E-state index contributed by atoms with van der Waals surface area (Å²) in [7, 11) is 1.89. The van der Waals surface area contributed by atoms with E-state index in [1.807, 2.05) is 11.9 Å². The normalized spacial score (nSPS) is 23.5. The molecule has 1 saturated heterocycles. The van der Waals surface area contributed by atoms with Gasteiger partial charge in [-0.3, -0.25) is 9.69 Å². The van der Waals surface area contributed by atoms with Crippen LogP contribution in [0.1, 0.15) is 12.8 Å². The van der Waals surface area contributed by atoms with Gasteiger partial charge in [0.1, 0.15) is 12.1 Å². The van der Waals surface area contributed by atoms with E-state index in [2.05, 4.69) is 0 Å². The van der Waals surface area contributed by atoms with Gasteiger partial charge in [0.05, 0.1) is 0 Å². The molecule has 1 heterocycles. The van der Waals surface area contributed by atoms with E-state index in [0.717, 1.165) is 19.4 Å². The molecule has 66 valence electrons. The molecule has 1 aliphatic heterocycles. The number of nitriles is 1. The zero-order valence-corrected chi connectivity index (χ0v) is 7.12. The second-order valence-electron chi connectivity index (χ2n) is 2.90. The van der Waals surface area contributed by atoms with E-state index in [1.54, 1.807) is 6.07 Å². The summed E-state index contributed by atoms with van der Waals surface area (Å²) in [6, 6.07) is 1.65. The van der Waals surface area contributed by atoms with E-state index in [0.29, 0.717) is 0 Å². The zero-order chi connectivity index (χ0) is 8.97. The van der Waals surface area contributed by atoms with Crippen LogP contribution >= 0.6 is 0 Å². The van der Waals surface area contributed by atoms with Crippen LogP contribution in [-0.2, 0) is 9.53 Å². The highest BCUT2D eigenvalue weighted by atomic mass is 16.5. The molecule has 1 rings (SSSR count). The average Bonchev–Trinajstić information content (AvgIpc) is 2.47. The summed E-state index contributed by atoms with van der Waals surface area (Å²) in [4.78, 5) is 13.2. The molecule has 0 radical (unpaired) electrons. The molecule has 0 aliphatic carbocycles. The molecule has 0 N–H and O–H groups in total. The third-order valence-corrected chi connectivity index (χ3v) is 2.07. The maximum absolute atomic E-state index is 11.2. The summed E-state index contributed by atoms with van der Waals surface area (Å²) in [5.41, 5.74) is 0. The maximum atomic E-state index is 11.2. The Balaban J connectivity index is 2.37. The first-order chi connectivity index (χ1) is 5.75. The largest absolute Gasteiger partial charge is 0.449 e. The van der Waals surface area contributed by atoms with Crippen molar-refractivity contribution < 1.29 is 9.53 Å². The van der Waals surface area contributed by atoms with Crippen molar-refractivity contribution in [1.29, 1.82) is 5.26 Å². The Kier molecular flexibility index (Phi) is 3.06. The molecule has 0 aromatic heterocycles. The van der Waals surface area contributed by atoms with Crippen molar-refractivity contribution in [2.45, 2.75) is 18.9 Å². The summed E-state index contributed by atoms with van der Waals surface area (Å²) in [5, 5.41) is 8.18. The van der Waals surface area contributed by atoms with Gasteiger partial charge in [-0.1, -0.05) is 0 Å². The van der Waals surface area contributed by atoms with E-state index in [4.69, 9.17) is 10.00 Å². The second kappa shape index (κ2) is 4.07. The predicted octanol–water partition coefficient (Wildman–Crippen LogP) is 0.147. The Morgan fingerprint density at radius 1 is 1.83 bits per heavy atom. The number of carbonyl (C=O) groups excluding carboxylic acids is 1. The molecular formula is C8H12N2O2. The SMILES string of the molecule is CN1CCCC1C(=O)OCC#N. The lowest BCUT2D eigenvalue weighted by molar-refractivity contribution is -0.147. The Bertz CT molecular complexity index is 210. The van der Waals surface area contributed by atoms with Crippen LogP contribution in [0.4, 0.5) is 0 Å². The van der Waals surface area contributed by atoms with Gasteiger partial charge in [-0.05, 0) is 26.4 Å². The van der Waals surface area contributed by atoms with Gasteiger partial charge in [0, 0.05) is 0 Å². The van der Waals surface area contributed by atoms with Gasteiger partial charge in [0.25, 0.3) is 0 Å². The van der Waals surface area contributed by atoms with Crippen molar-refractivity contribution in [1.82, 2.24) is 4.90 Å². The molecule has 1 unspecified atom stereocenters. The smallest absolute Gasteiger partial charge is 0.324 e. The van der Waals surface area contributed by atoms with Gasteiger partial charge in [0.15, 0.2) is 6.61 Å². The van der Waals surface area contributed by atoms with E-state index in [-0.39, 0.29) is 18.6 Å². The van der Waals surface area contributed by atoms with Crippen LogP contribution in [0.25, 0.3) is 0 Å². The van der Waals surface area contributed by atoms with Crippen molar-refractivity contribution in [3.63, 3.8) is 0 Å². The minimum Gasteiger partial charge on any atom is -0.449 e. The summed E-state index contributed by atoms with van der Waals surface area (Å²) in [6.45, 7) is 0.801. The molecule has 0 spiro atoms. The third kappa shape index (κ3) is 1.95. The fraction of sp³-hybridized carbons (Fsp3) is 0.750. The van der Waals surface area contributed by atoms with E-state index >= 15 is 0 Å². The van der Waals surface area contributed by atoms with Gasteiger partial charge < -0.3 is 4.74 Å². The Labute approximate surface area is 71.7 Å². The highest BCUT2D eigenvalue weighted by Gasteiger charge is 2.28. The molecule has 1 atom stereocenters. The molecule has 0 amide bonds. The molecule has 0 aromatic carbocycles.